The Bertz CT molecular complexity index is 3540. The lowest BCUT2D eigenvalue weighted by Gasteiger charge is -2.13. The number of hydrogen-bond acceptors (Lipinski definition) is 6. The highest BCUT2D eigenvalue weighted by atomic mass is 32.1. The summed E-state index contributed by atoms with van der Waals surface area (Å²) >= 11 is 1.25. The minimum absolute atomic E-state index is 0.671. The molecule has 4 heterocycles. The van der Waals surface area contributed by atoms with Crippen LogP contribution in [0.2, 0.25) is 0 Å². The molecule has 0 spiro atoms. The van der Waals surface area contributed by atoms with Crippen molar-refractivity contribution in [1.82, 2.24) is 28.3 Å². The number of nitrogens with zero attached hydrogens (tertiary/aromatic N) is 6. The first-order chi connectivity index (χ1) is 29.7. The molecular weight excluding hydrogens is 753 g/mol. The van der Waals surface area contributed by atoms with Crippen molar-refractivity contribution in [2.45, 2.75) is 0 Å². The van der Waals surface area contributed by atoms with Gasteiger partial charge in [-0.2, -0.15) is 8.75 Å². The topological polar surface area (TPSA) is 69.4 Å². The molecule has 4 aromatic heterocycles. The lowest BCUT2D eigenvalue weighted by Crippen LogP contribution is -1.98. The van der Waals surface area contributed by atoms with E-state index in [9.17, 15) is 0 Å². The van der Waals surface area contributed by atoms with Crippen LogP contribution in [0, 0.1) is 0 Å². The predicted octanol–water partition coefficient (Wildman–Crippen LogP) is 13.6. The van der Waals surface area contributed by atoms with Gasteiger partial charge in [-0.25, -0.2) is 15.0 Å². The Balaban J connectivity index is 0.959. The second-order valence-corrected chi connectivity index (χ2v) is 15.5. The fraction of sp³-hybridized carbons (Fsp3) is 0. The van der Waals surface area contributed by atoms with Gasteiger partial charge in [0.2, 0.25) is 0 Å². The summed E-state index contributed by atoms with van der Waals surface area (Å²) in [5.74, 6) is 0.671. The van der Waals surface area contributed by atoms with Crippen LogP contribution < -0.4 is 0 Å². The Hall–Kier alpha value is -7.87. The fourth-order valence-electron chi connectivity index (χ4n) is 8.63. The number of aromatic nitrogens is 6. The second kappa shape index (κ2) is 13.9. The van der Waals surface area contributed by atoms with Gasteiger partial charge in [0, 0.05) is 54.9 Å². The Morgan fingerprint density at radius 3 is 1.70 bits per heavy atom. The zero-order chi connectivity index (χ0) is 39.6. The van der Waals surface area contributed by atoms with Crippen LogP contribution in [-0.4, -0.2) is 28.3 Å². The number of para-hydroxylation sites is 2. The van der Waals surface area contributed by atoms with Crippen molar-refractivity contribution in [1.29, 1.82) is 0 Å². The molecule has 6 nitrogen and oxygen atoms in total. The summed E-state index contributed by atoms with van der Waals surface area (Å²) < 4.78 is 11.6. The average Bonchev–Trinajstić information content (AvgIpc) is 3.95. The van der Waals surface area contributed by atoms with Gasteiger partial charge in [0.1, 0.15) is 11.0 Å². The zero-order valence-electron chi connectivity index (χ0n) is 32.1. The monoisotopic (exact) mass is 784 g/mol. The molecule has 0 amide bonds. The third-order valence-electron chi connectivity index (χ3n) is 11.5. The molecule has 280 valence electrons. The maximum Gasteiger partial charge on any atom is 0.160 e. The molecule has 0 unspecified atom stereocenters. The average molecular weight is 785 g/mol. The highest BCUT2D eigenvalue weighted by molar-refractivity contribution is 7.00. The summed E-state index contributed by atoms with van der Waals surface area (Å²) in [5.41, 5.74) is 15.0. The van der Waals surface area contributed by atoms with Crippen LogP contribution in [0.3, 0.4) is 0 Å². The van der Waals surface area contributed by atoms with Crippen molar-refractivity contribution in [2.75, 3.05) is 0 Å². The molecule has 0 aliphatic rings. The van der Waals surface area contributed by atoms with E-state index in [1.807, 2.05) is 18.2 Å². The second-order valence-electron chi connectivity index (χ2n) is 15.0. The predicted molar refractivity (Wildman–Crippen MR) is 247 cm³/mol. The molecule has 60 heavy (non-hydrogen) atoms. The number of rotatable bonds is 6. The molecule has 0 radical (unpaired) electrons. The summed E-state index contributed by atoms with van der Waals surface area (Å²) in [6.45, 7) is 0. The van der Waals surface area contributed by atoms with Crippen molar-refractivity contribution in [3.05, 3.63) is 194 Å². The molecule has 0 saturated carbocycles. The van der Waals surface area contributed by atoms with Crippen molar-refractivity contribution in [3.8, 4) is 62.0 Å². The number of fused-ring (bicyclic) bond motifs is 8. The summed E-state index contributed by atoms with van der Waals surface area (Å²) in [4.78, 5) is 15.7. The molecule has 0 fully saturated rings. The van der Waals surface area contributed by atoms with Gasteiger partial charge in [-0.1, -0.05) is 146 Å². The van der Waals surface area contributed by atoms with Gasteiger partial charge < -0.3 is 4.57 Å². The maximum absolute atomic E-state index is 5.28. The molecular formula is C53H32N6S. The highest BCUT2D eigenvalue weighted by Crippen LogP contribution is 2.39. The van der Waals surface area contributed by atoms with Crippen LogP contribution in [0.1, 0.15) is 0 Å². The smallest absolute Gasteiger partial charge is 0.160 e. The van der Waals surface area contributed by atoms with Crippen LogP contribution in [0.4, 0.5) is 0 Å². The molecule has 0 saturated heterocycles. The van der Waals surface area contributed by atoms with Gasteiger partial charge in [0.15, 0.2) is 5.82 Å². The summed E-state index contributed by atoms with van der Waals surface area (Å²) in [6, 6.07) is 67.9. The normalized spacial score (nSPS) is 11.7. The van der Waals surface area contributed by atoms with Crippen molar-refractivity contribution >= 4 is 66.2 Å². The molecule has 12 aromatic rings. The number of benzene rings is 8. The van der Waals surface area contributed by atoms with Gasteiger partial charge in [-0.15, -0.1) is 0 Å². The number of pyridine rings is 1. The van der Waals surface area contributed by atoms with E-state index in [0.29, 0.717) is 5.82 Å². The first-order valence-electron chi connectivity index (χ1n) is 19.9. The summed E-state index contributed by atoms with van der Waals surface area (Å²) in [6.07, 6.45) is 0. The Morgan fingerprint density at radius 1 is 0.367 bits per heavy atom. The molecule has 0 N–H and O–H groups in total. The van der Waals surface area contributed by atoms with E-state index in [2.05, 4.69) is 185 Å². The fourth-order valence-corrected chi connectivity index (χ4v) is 9.18. The molecule has 0 bridgehead atoms. The standard InChI is InChI=1S/C53H32N6S/c1-3-12-34(13-4-1)45-32-46(56-53(55-45)38-16-11-17-39(30-38)59-48-20-9-7-18-40(48)41-19-8-10-21-49(41)59)35-24-22-33(23-25-35)37-26-27-42-47(31-37)54-51(36-14-5-2-6-15-36)43-28-29-44-52(50(42)43)58-60-57-44/h1-32H. The lowest BCUT2D eigenvalue weighted by molar-refractivity contribution is 1.16. The van der Waals surface area contributed by atoms with Gasteiger partial charge in [-0.05, 0) is 59.7 Å². The molecule has 0 atom stereocenters. The van der Waals surface area contributed by atoms with Crippen LogP contribution in [0.25, 0.3) is 116 Å². The van der Waals surface area contributed by atoms with E-state index < -0.39 is 0 Å². The van der Waals surface area contributed by atoms with Gasteiger partial charge in [0.05, 0.1) is 45.4 Å². The van der Waals surface area contributed by atoms with E-state index in [1.54, 1.807) is 0 Å². The van der Waals surface area contributed by atoms with E-state index in [1.165, 1.54) is 22.5 Å². The quantitative estimate of drug-likeness (QED) is 0.157. The Labute approximate surface area is 349 Å². The van der Waals surface area contributed by atoms with Gasteiger partial charge in [0.25, 0.3) is 0 Å². The lowest BCUT2D eigenvalue weighted by atomic mass is 9.96. The van der Waals surface area contributed by atoms with Crippen molar-refractivity contribution in [2.24, 2.45) is 0 Å². The van der Waals surface area contributed by atoms with Crippen LogP contribution in [0.5, 0.6) is 0 Å². The molecule has 0 aliphatic carbocycles. The van der Waals surface area contributed by atoms with E-state index in [-0.39, 0.29) is 0 Å². The highest BCUT2D eigenvalue weighted by Gasteiger charge is 2.18. The summed E-state index contributed by atoms with van der Waals surface area (Å²) in [7, 11) is 0. The molecule has 0 aliphatic heterocycles. The minimum atomic E-state index is 0.671. The largest absolute Gasteiger partial charge is 0.309 e. The van der Waals surface area contributed by atoms with Gasteiger partial charge in [-0.3, -0.25) is 0 Å². The van der Waals surface area contributed by atoms with Crippen LogP contribution in [0.15, 0.2) is 194 Å². The first kappa shape index (κ1) is 34.2. The van der Waals surface area contributed by atoms with E-state index in [0.717, 1.165) is 99.9 Å². The van der Waals surface area contributed by atoms with Gasteiger partial charge >= 0.3 is 0 Å². The Morgan fingerprint density at radius 2 is 0.967 bits per heavy atom. The first-order valence-corrected chi connectivity index (χ1v) is 20.6. The minimum Gasteiger partial charge on any atom is -0.309 e. The van der Waals surface area contributed by atoms with Crippen LogP contribution >= 0.6 is 11.7 Å². The summed E-state index contributed by atoms with van der Waals surface area (Å²) in [5, 5.41) is 5.68. The van der Waals surface area contributed by atoms with E-state index >= 15 is 0 Å². The van der Waals surface area contributed by atoms with E-state index in [4.69, 9.17) is 19.3 Å². The van der Waals surface area contributed by atoms with Crippen molar-refractivity contribution in [3.63, 3.8) is 0 Å². The number of hydrogen-bond donors (Lipinski definition) is 0. The maximum atomic E-state index is 5.28. The molecule has 8 aromatic carbocycles. The molecule has 12 rings (SSSR count). The molecule has 7 heteroatoms. The van der Waals surface area contributed by atoms with Crippen LogP contribution in [-0.2, 0) is 0 Å². The SMILES string of the molecule is c1ccc(-c2cc(-c3ccc(-c4ccc5c(c4)nc(-c4ccccc4)c4ccc6nsnc6c45)cc3)nc(-c3cccc(-n4c5ccccc5c5ccccc54)c3)n2)cc1. The van der Waals surface area contributed by atoms with Crippen molar-refractivity contribution < 1.29 is 0 Å². The Kier molecular flexibility index (Phi) is 7.92. The third-order valence-corrected chi connectivity index (χ3v) is 12.0. The zero-order valence-corrected chi connectivity index (χ0v) is 32.9. The third kappa shape index (κ3) is 5.67.